The van der Waals surface area contributed by atoms with Crippen LogP contribution in [0.5, 0.6) is 0 Å². The van der Waals surface area contributed by atoms with Crippen LogP contribution in [0.4, 0.5) is 5.69 Å². The first-order valence-corrected chi connectivity index (χ1v) is 12.1. The molecule has 3 aromatic rings. The highest BCUT2D eigenvalue weighted by atomic mass is 35.5. The summed E-state index contributed by atoms with van der Waals surface area (Å²) in [5.74, 6) is 1.14. The number of benzene rings is 2. The van der Waals surface area contributed by atoms with Crippen LogP contribution in [-0.2, 0) is 4.79 Å². The van der Waals surface area contributed by atoms with E-state index in [9.17, 15) is 9.59 Å². The molecule has 1 saturated carbocycles. The van der Waals surface area contributed by atoms with Crippen molar-refractivity contribution in [1.82, 2.24) is 10.3 Å². The number of anilines is 1. The SMILES string of the molecule is CSCCC(NC(=O)c1ccc(Cl)cc1Cl)C(=O)Nc1ccc2oc(C3CC3)nc2c1. The van der Waals surface area contributed by atoms with E-state index in [1.54, 1.807) is 42.1 Å². The first kappa shape index (κ1) is 22.0. The molecule has 162 valence electrons. The Morgan fingerprint density at radius 3 is 2.74 bits per heavy atom. The van der Waals surface area contributed by atoms with E-state index in [0.29, 0.717) is 39.9 Å². The first-order chi connectivity index (χ1) is 14.9. The number of carbonyl (C=O) groups is 2. The lowest BCUT2D eigenvalue weighted by Gasteiger charge is -2.18. The number of carbonyl (C=O) groups excluding carboxylic acids is 2. The maximum atomic E-state index is 13.0. The first-order valence-electron chi connectivity index (χ1n) is 9.91. The zero-order chi connectivity index (χ0) is 22.0. The summed E-state index contributed by atoms with van der Waals surface area (Å²) < 4.78 is 5.77. The van der Waals surface area contributed by atoms with Gasteiger partial charge in [0.1, 0.15) is 11.6 Å². The number of halogens is 2. The Morgan fingerprint density at radius 2 is 2.03 bits per heavy atom. The molecule has 1 unspecified atom stereocenters. The van der Waals surface area contributed by atoms with Gasteiger partial charge in [0.2, 0.25) is 5.91 Å². The van der Waals surface area contributed by atoms with Gasteiger partial charge < -0.3 is 15.1 Å². The maximum Gasteiger partial charge on any atom is 0.253 e. The van der Waals surface area contributed by atoms with Gasteiger partial charge in [-0.2, -0.15) is 11.8 Å². The van der Waals surface area contributed by atoms with E-state index in [1.807, 2.05) is 6.26 Å². The minimum atomic E-state index is -0.721. The van der Waals surface area contributed by atoms with Gasteiger partial charge in [0.05, 0.1) is 10.6 Å². The molecule has 1 atom stereocenters. The number of aromatic nitrogens is 1. The van der Waals surface area contributed by atoms with Crippen molar-refractivity contribution >= 4 is 63.6 Å². The van der Waals surface area contributed by atoms with Gasteiger partial charge in [0.25, 0.3) is 5.91 Å². The van der Waals surface area contributed by atoms with Gasteiger partial charge in [-0.25, -0.2) is 4.98 Å². The normalized spacial score (nSPS) is 14.4. The van der Waals surface area contributed by atoms with Crippen LogP contribution in [0.2, 0.25) is 10.0 Å². The molecule has 1 fully saturated rings. The monoisotopic (exact) mass is 477 g/mol. The van der Waals surface area contributed by atoms with Crippen molar-refractivity contribution in [2.45, 2.75) is 31.2 Å². The molecule has 31 heavy (non-hydrogen) atoms. The second-order valence-corrected chi connectivity index (χ2v) is 9.26. The van der Waals surface area contributed by atoms with E-state index in [1.165, 1.54) is 6.07 Å². The third-order valence-corrected chi connectivity index (χ3v) is 6.20. The lowest BCUT2D eigenvalue weighted by Crippen LogP contribution is -2.44. The average molecular weight is 478 g/mol. The molecule has 1 aromatic heterocycles. The molecule has 1 heterocycles. The summed E-state index contributed by atoms with van der Waals surface area (Å²) in [6.45, 7) is 0. The van der Waals surface area contributed by atoms with Crippen molar-refractivity contribution in [2.75, 3.05) is 17.3 Å². The highest BCUT2D eigenvalue weighted by Crippen LogP contribution is 2.40. The minimum Gasteiger partial charge on any atom is -0.440 e. The van der Waals surface area contributed by atoms with E-state index >= 15 is 0 Å². The molecule has 0 radical (unpaired) electrons. The Hall–Kier alpha value is -2.22. The fourth-order valence-electron chi connectivity index (χ4n) is 3.17. The molecule has 2 amide bonds. The van der Waals surface area contributed by atoms with Crippen LogP contribution in [0.1, 0.15) is 41.4 Å². The Bertz CT molecular complexity index is 1130. The number of hydrogen-bond donors (Lipinski definition) is 2. The largest absolute Gasteiger partial charge is 0.440 e. The summed E-state index contributed by atoms with van der Waals surface area (Å²) in [6.07, 6.45) is 4.63. The highest BCUT2D eigenvalue weighted by molar-refractivity contribution is 7.98. The van der Waals surface area contributed by atoms with Gasteiger partial charge in [0, 0.05) is 16.6 Å². The summed E-state index contributed by atoms with van der Waals surface area (Å²) in [5, 5.41) is 6.34. The molecule has 0 aliphatic heterocycles. The quantitative estimate of drug-likeness (QED) is 0.447. The van der Waals surface area contributed by atoms with Crippen molar-refractivity contribution in [3.63, 3.8) is 0 Å². The summed E-state index contributed by atoms with van der Waals surface area (Å²) in [5.41, 5.74) is 2.27. The highest BCUT2D eigenvalue weighted by Gasteiger charge is 2.29. The number of nitrogens with zero attached hydrogens (tertiary/aromatic N) is 1. The number of amides is 2. The number of nitrogens with one attached hydrogen (secondary N) is 2. The summed E-state index contributed by atoms with van der Waals surface area (Å²) in [6, 6.07) is 9.26. The second kappa shape index (κ2) is 9.51. The third-order valence-electron chi connectivity index (χ3n) is 5.01. The smallest absolute Gasteiger partial charge is 0.253 e. The van der Waals surface area contributed by atoms with E-state index in [-0.39, 0.29) is 16.5 Å². The lowest BCUT2D eigenvalue weighted by molar-refractivity contribution is -0.118. The van der Waals surface area contributed by atoms with E-state index in [4.69, 9.17) is 27.6 Å². The van der Waals surface area contributed by atoms with E-state index in [0.717, 1.165) is 18.7 Å². The van der Waals surface area contributed by atoms with Crippen LogP contribution in [0, 0.1) is 0 Å². The fraction of sp³-hybridized carbons (Fsp3) is 0.318. The molecule has 4 rings (SSSR count). The summed E-state index contributed by atoms with van der Waals surface area (Å²) in [7, 11) is 0. The molecule has 1 aliphatic rings. The zero-order valence-electron chi connectivity index (χ0n) is 16.8. The van der Waals surface area contributed by atoms with Crippen molar-refractivity contribution in [2.24, 2.45) is 0 Å². The van der Waals surface area contributed by atoms with Crippen LogP contribution in [0.3, 0.4) is 0 Å². The summed E-state index contributed by atoms with van der Waals surface area (Å²) in [4.78, 5) is 30.2. The van der Waals surface area contributed by atoms with Crippen molar-refractivity contribution in [3.8, 4) is 0 Å². The molecular formula is C22H21Cl2N3O3S. The second-order valence-electron chi connectivity index (χ2n) is 7.43. The van der Waals surface area contributed by atoms with Crippen LogP contribution >= 0.6 is 35.0 Å². The number of oxazole rings is 1. The predicted molar refractivity (Wildman–Crippen MR) is 125 cm³/mol. The van der Waals surface area contributed by atoms with Gasteiger partial charge in [-0.05, 0) is 67.7 Å². The Labute approximate surface area is 194 Å². The van der Waals surface area contributed by atoms with Crippen LogP contribution in [-0.4, -0.2) is 34.8 Å². The Morgan fingerprint density at radius 1 is 1.23 bits per heavy atom. The number of rotatable bonds is 8. The van der Waals surface area contributed by atoms with Gasteiger partial charge >= 0.3 is 0 Å². The topological polar surface area (TPSA) is 84.2 Å². The molecule has 2 aromatic carbocycles. The van der Waals surface area contributed by atoms with Crippen LogP contribution < -0.4 is 10.6 Å². The fourth-order valence-corrected chi connectivity index (χ4v) is 4.14. The lowest BCUT2D eigenvalue weighted by atomic mass is 10.1. The molecule has 0 bridgehead atoms. The van der Waals surface area contributed by atoms with Crippen molar-refractivity contribution in [1.29, 1.82) is 0 Å². The average Bonchev–Trinajstić information content (AvgIpc) is 3.50. The van der Waals surface area contributed by atoms with Gasteiger partial charge in [-0.3, -0.25) is 9.59 Å². The Balaban J connectivity index is 1.48. The van der Waals surface area contributed by atoms with Crippen molar-refractivity contribution < 1.29 is 14.0 Å². The number of hydrogen-bond acceptors (Lipinski definition) is 5. The van der Waals surface area contributed by atoms with Gasteiger partial charge in [-0.1, -0.05) is 23.2 Å². The molecule has 1 aliphatic carbocycles. The number of thioether (sulfide) groups is 1. The standard InChI is InChI=1S/C22H21Cl2N3O3S/c1-31-9-8-17(26-20(28)15-6-4-13(23)10-16(15)24)21(29)25-14-5-7-19-18(11-14)27-22(30-19)12-2-3-12/h4-7,10-12,17H,2-3,8-9H2,1H3,(H,25,29)(H,26,28). The van der Waals surface area contributed by atoms with E-state index in [2.05, 4.69) is 15.6 Å². The van der Waals surface area contributed by atoms with Crippen LogP contribution in [0.15, 0.2) is 40.8 Å². The van der Waals surface area contributed by atoms with Gasteiger partial charge in [0.15, 0.2) is 11.5 Å². The molecule has 9 heteroatoms. The maximum absolute atomic E-state index is 13.0. The number of fused-ring (bicyclic) bond motifs is 1. The predicted octanol–water partition coefficient (Wildman–Crippen LogP) is 5.50. The van der Waals surface area contributed by atoms with Crippen LogP contribution in [0.25, 0.3) is 11.1 Å². The minimum absolute atomic E-state index is 0.233. The Kier molecular flexibility index (Phi) is 6.74. The van der Waals surface area contributed by atoms with Crippen molar-refractivity contribution in [3.05, 3.63) is 57.9 Å². The molecular weight excluding hydrogens is 457 g/mol. The summed E-state index contributed by atoms with van der Waals surface area (Å²) >= 11 is 13.6. The third kappa shape index (κ3) is 5.34. The molecule has 2 N–H and O–H groups in total. The molecule has 0 spiro atoms. The van der Waals surface area contributed by atoms with Gasteiger partial charge in [-0.15, -0.1) is 0 Å². The molecule has 0 saturated heterocycles. The zero-order valence-corrected chi connectivity index (χ0v) is 19.1. The van der Waals surface area contributed by atoms with E-state index < -0.39 is 11.9 Å². The molecule has 6 nitrogen and oxygen atoms in total.